The van der Waals surface area contributed by atoms with Crippen molar-refractivity contribution >= 4 is 97.7 Å². The number of aliphatic imine (C=N–C) groups is 2. The third-order valence-electron chi connectivity index (χ3n) is 11.0. The highest BCUT2D eigenvalue weighted by atomic mass is 32.1. The third kappa shape index (κ3) is 4.65. The first kappa shape index (κ1) is 30.4. The zero-order chi connectivity index (χ0) is 36.0. The van der Waals surface area contributed by atoms with Gasteiger partial charge in [-0.3, -0.25) is 0 Å². The first-order valence-electron chi connectivity index (χ1n) is 18.5. The molecule has 55 heavy (non-hydrogen) atoms. The van der Waals surface area contributed by atoms with Gasteiger partial charge in [-0.25, -0.2) is 9.98 Å². The molecule has 1 atom stereocenters. The van der Waals surface area contributed by atoms with Crippen molar-refractivity contribution < 1.29 is 4.42 Å². The molecule has 0 amide bonds. The molecule has 1 aliphatic heterocycles. The number of para-hydroxylation sites is 2. The molecule has 0 radical (unpaired) electrons. The molecule has 5 nitrogen and oxygen atoms in total. The second kappa shape index (κ2) is 11.7. The molecule has 0 bridgehead atoms. The normalized spacial score (nSPS) is 14.7. The van der Waals surface area contributed by atoms with Crippen molar-refractivity contribution in [2.24, 2.45) is 9.98 Å². The summed E-state index contributed by atoms with van der Waals surface area (Å²) in [6.07, 6.45) is -0.378. The maximum atomic E-state index is 6.34. The molecule has 12 rings (SSSR count). The van der Waals surface area contributed by atoms with Crippen LogP contribution in [0.2, 0.25) is 0 Å². The van der Waals surface area contributed by atoms with Gasteiger partial charge in [0.25, 0.3) is 0 Å². The summed E-state index contributed by atoms with van der Waals surface area (Å²) >= 11 is 1.82. The second-order valence-corrected chi connectivity index (χ2v) is 15.3. The summed E-state index contributed by atoms with van der Waals surface area (Å²) in [5, 5.41) is 13.4. The fourth-order valence-electron chi connectivity index (χ4n) is 8.57. The fourth-order valence-corrected chi connectivity index (χ4v) is 9.71. The van der Waals surface area contributed by atoms with Crippen molar-refractivity contribution in [1.29, 1.82) is 0 Å². The number of nitrogens with zero attached hydrogens (tertiary/aromatic N) is 3. The van der Waals surface area contributed by atoms with Crippen molar-refractivity contribution in [3.8, 4) is 5.69 Å². The molecule has 0 saturated heterocycles. The van der Waals surface area contributed by atoms with Gasteiger partial charge in [-0.1, -0.05) is 121 Å². The zero-order valence-electron chi connectivity index (χ0n) is 29.4. The highest BCUT2D eigenvalue weighted by Crippen LogP contribution is 2.40. The highest BCUT2D eigenvalue weighted by molar-refractivity contribution is 7.25. The Morgan fingerprint density at radius 2 is 1.29 bits per heavy atom. The van der Waals surface area contributed by atoms with Crippen molar-refractivity contribution in [2.45, 2.75) is 6.17 Å². The minimum Gasteiger partial charge on any atom is -0.456 e. The highest BCUT2D eigenvalue weighted by Gasteiger charge is 2.25. The average molecular weight is 723 g/mol. The first-order chi connectivity index (χ1) is 27.2. The van der Waals surface area contributed by atoms with E-state index in [4.69, 9.17) is 14.4 Å². The predicted molar refractivity (Wildman–Crippen MR) is 230 cm³/mol. The number of hydrogen-bond acceptors (Lipinski definition) is 5. The molecule has 0 aliphatic carbocycles. The van der Waals surface area contributed by atoms with E-state index in [2.05, 4.69) is 162 Å². The van der Waals surface area contributed by atoms with Gasteiger partial charge in [-0.2, -0.15) is 0 Å². The lowest BCUT2D eigenvalue weighted by Gasteiger charge is -2.24. The molecule has 0 spiro atoms. The predicted octanol–water partition coefficient (Wildman–Crippen LogP) is 12.7. The van der Waals surface area contributed by atoms with Crippen LogP contribution in [0.5, 0.6) is 0 Å². The third-order valence-corrected chi connectivity index (χ3v) is 12.2. The number of benzene rings is 8. The number of hydrogen-bond donors (Lipinski definition) is 1. The van der Waals surface area contributed by atoms with Crippen LogP contribution in [-0.4, -0.2) is 16.2 Å². The topological polar surface area (TPSA) is 54.8 Å². The number of furan rings is 1. The van der Waals surface area contributed by atoms with Crippen LogP contribution in [0.1, 0.15) is 22.9 Å². The Balaban J connectivity index is 1.06. The van der Waals surface area contributed by atoms with Crippen molar-refractivity contribution in [1.82, 2.24) is 9.88 Å². The van der Waals surface area contributed by atoms with Crippen LogP contribution in [0.25, 0.3) is 80.4 Å². The number of amidine groups is 2. The Labute approximate surface area is 319 Å². The quantitative estimate of drug-likeness (QED) is 0.197. The van der Waals surface area contributed by atoms with Crippen LogP contribution in [0.3, 0.4) is 0 Å². The largest absolute Gasteiger partial charge is 0.456 e. The molecule has 0 saturated carbocycles. The summed E-state index contributed by atoms with van der Waals surface area (Å²) in [6, 6.07) is 60.2. The van der Waals surface area contributed by atoms with Gasteiger partial charge in [0, 0.05) is 69.5 Å². The van der Waals surface area contributed by atoms with Gasteiger partial charge < -0.3 is 14.3 Å². The van der Waals surface area contributed by atoms with Crippen LogP contribution < -0.4 is 5.32 Å². The molecule has 8 aromatic carbocycles. The lowest BCUT2D eigenvalue weighted by Crippen LogP contribution is -2.33. The molecule has 6 heteroatoms. The van der Waals surface area contributed by atoms with E-state index < -0.39 is 0 Å². The van der Waals surface area contributed by atoms with E-state index in [1.165, 1.54) is 52.8 Å². The van der Waals surface area contributed by atoms with Gasteiger partial charge in [0.2, 0.25) is 0 Å². The Morgan fingerprint density at radius 1 is 0.545 bits per heavy atom. The van der Waals surface area contributed by atoms with Gasteiger partial charge in [0.1, 0.15) is 23.2 Å². The van der Waals surface area contributed by atoms with Crippen molar-refractivity contribution in [2.75, 3.05) is 0 Å². The molecule has 1 unspecified atom stereocenters. The number of aromatic nitrogens is 1. The molecule has 0 fully saturated rings. The summed E-state index contributed by atoms with van der Waals surface area (Å²) in [7, 11) is 0. The summed E-state index contributed by atoms with van der Waals surface area (Å²) in [4.78, 5) is 10.7. The van der Waals surface area contributed by atoms with Gasteiger partial charge in [-0.05, 0) is 53.9 Å². The van der Waals surface area contributed by atoms with E-state index in [0.29, 0.717) is 5.84 Å². The van der Waals surface area contributed by atoms with Crippen molar-refractivity contribution in [3.63, 3.8) is 0 Å². The van der Waals surface area contributed by atoms with Crippen molar-refractivity contribution in [3.05, 3.63) is 187 Å². The summed E-state index contributed by atoms with van der Waals surface area (Å²) < 4.78 is 11.2. The monoisotopic (exact) mass is 722 g/mol. The lowest BCUT2D eigenvalue weighted by molar-refractivity contribution is 0.668. The Kier molecular flexibility index (Phi) is 6.50. The van der Waals surface area contributed by atoms with E-state index >= 15 is 0 Å². The zero-order valence-corrected chi connectivity index (χ0v) is 30.2. The standard InChI is InChI=1S/C49H30N4OS/c1-2-14-33-29(11-1)23-26-37-34-15-3-6-19-40(34)53(46(33)37)32-13-9-12-30(27-32)47-50-48(31-24-25-36-35-16-4-7-20-41(35)54-42(36)28-31)52-49(51-47)39-18-10-22-44-45(39)38-17-5-8-21-43(38)55-44/h1-28,49H,(H,50,51,52). The molecule has 1 N–H and O–H groups in total. The van der Waals surface area contributed by atoms with E-state index in [0.717, 1.165) is 50.2 Å². The number of rotatable bonds is 4. The first-order valence-corrected chi connectivity index (χ1v) is 19.3. The summed E-state index contributed by atoms with van der Waals surface area (Å²) in [5.74, 6) is 1.43. The van der Waals surface area contributed by atoms with Crippen LogP contribution in [0.15, 0.2) is 184 Å². The lowest BCUT2D eigenvalue weighted by atomic mass is 10.0. The van der Waals surface area contributed by atoms with Crippen LogP contribution >= 0.6 is 11.3 Å². The van der Waals surface area contributed by atoms with Gasteiger partial charge in [0.15, 0.2) is 5.84 Å². The molecule has 11 aromatic rings. The molecular formula is C49H30N4OS. The summed E-state index contributed by atoms with van der Waals surface area (Å²) in [6.45, 7) is 0. The van der Waals surface area contributed by atoms with Crippen LogP contribution in [0.4, 0.5) is 0 Å². The van der Waals surface area contributed by atoms with E-state index in [9.17, 15) is 0 Å². The van der Waals surface area contributed by atoms with Crippen LogP contribution in [-0.2, 0) is 0 Å². The van der Waals surface area contributed by atoms with Gasteiger partial charge >= 0.3 is 0 Å². The van der Waals surface area contributed by atoms with Gasteiger partial charge in [0.05, 0.1) is 11.0 Å². The Morgan fingerprint density at radius 3 is 2.24 bits per heavy atom. The van der Waals surface area contributed by atoms with Crippen LogP contribution in [0, 0.1) is 0 Å². The SMILES string of the molecule is c1cc(C2=NC(c3ccc4c(c3)oc3ccccc34)=NC(c3cccc4sc5ccccc5c34)N2)cc(-n2c3ccccc3c3ccc4ccccc4c32)c1. The smallest absolute Gasteiger partial charge is 0.159 e. The van der Waals surface area contributed by atoms with E-state index in [-0.39, 0.29) is 6.17 Å². The number of nitrogens with one attached hydrogen (secondary N) is 1. The molecule has 4 heterocycles. The summed E-state index contributed by atoms with van der Waals surface area (Å²) in [5.41, 5.74) is 8.13. The van der Waals surface area contributed by atoms with Gasteiger partial charge in [-0.15, -0.1) is 11.3 Å². The molecule has 1 aliphatic rings. The minimum atomic E-state index is -0.378. The number of thiophene rings is 1. The Hall–Kier alpha value is -7.02. The average Bonchev–Trinajstić information content (AvgIpc) is 3.93. The second-order valence-electron chi connectivity index (χ2n) is 14.2. The molecule has 3 aromatic heterocycles. The maximum Gasteiger partial charge on any atom is 0.159 e. The molecule has 258 valence electrons. The Bertz CT molecular complexity index is 3440. The van der Waals surface area contributed by atoms with E-state index in [1.807, 2.05) is 29.5 Å². The fraction of sp³-hybridized carbons (Fsp3) is 0.0204. The molecular weight excluding hydrogens is 693 g/mol. The minimum absolute atomic E-state index is 0.378. The van der Waals surface area contributed by atoms with E-state index in [1.54, 1.807) is 0 Å². The maximum absolute atomic E-state index is 6.34. The number of fused-ring (bicyclic) bond motifs is 11.